The summed E-state index contributed by atoms with van der Waals surface area (Å²) in [4.78, 5) is 10.7. The van der Waals surface area contributed by atoms with E-state index in [4.69, 9.17) is 14.6 Å². The third kappa shape index (κ3) is 3.86. The van der Waals surface area contributed by atoms with Crippen LogP contribution < -0.4 is 9.47 Å². The Morgan fingerprint density at radius 1 is 1.29 bits per heavy atom. The number of carboxylic acid groups (broad SMARTS) is 1. The lowest BCUT2D eigenvalue weighted by Crippen LogP contribution is -2.35. The minimum atomic E-state index is -3.96. The van der Waals surface area contributed by atoms with Gasteiger partial charge in [0, 0.05) is 17.1 Å². The Labute approximate surface area is 131 Å². The van der Waals surface area contributed by atoms with Crippen LogP contribution in [0.5, 0.6) is 11.5 Å². The first-order chi connectivity index (χ1) is 9.77. The molecule has 1 N–H and O–H groups in total. The summed E-state index contributed by atoms with van der Waals surface area (Å²) >= 11 is 3.16. The van der Waals surface area contributed by atoms with Gasteiger partial charge in [-0.1, -0.05) is 6.92 Å². The maximum absolute atomic E-state index is 12.5. The van der Waals surface area contributed by atoms with Crippen LogP contribution in [0.4, 0.5) is 0 Å². The van der Waals surface area contributed by atoms with E-state index in [2.05, 4.69) is 15.9 Å². The zero-order chi connectivity index (χ0) is 16.2. The second-order valence-electron chi connectivity index (χ2n) is 3.96. The van der Waals surface area contributed by atoms with Crippen molar-refractivity contribution in [2.24, 2.45) is 0 Å². The van der Waals surface area contributed by atoms with Gasteiger partial charge in [-0.05, 0) is 22.0 Å². The molecule has 0 aliphatic carbocycles. The Hall–Kier alpha value is -1.32. The Morgan fingerprint density at radius 2 is 1.81 bits per heavy atom. The van der Waals surface area contributed by atoms with Gasteiger partial charge in [0.1, 0.15) is 11.4 Å². The predicted octanol–water partition coefficient (Wildman–Crippen LogP) is 1.56. The van der Waals surface area contributed by atoms with Gasteiger partial charge < -0.3 is 14.6 Å². The number of hydrogen-bond donors (Lipinski definition) is 1. The van der Waals surface area contributed by atoms with Crippen molar-refractivity contribution in [2.75, 3.05) is 27.3 Å². The lowest BCUT2D eigenvalue weighted by molar-refractivity contribution is -0.137. The van der Waals surface area contributed by atoms with Crippen LogP contribution in [0.3, 0.4) is 0 Å². The molecule has 21 heavy (non-hydrogen) atoms. The maximum Gasteiger partial charge on any atom is 0.318 e. The first-order valence-corrected chi connectivity index (χ1v) is 8.14. The number of aliphatic carboxylic acids is 1. The number of rotatable bonds is 7. The smallest absolute Gasteiger partial charge is 0.318 e. The van der Waals surface area contributed by atoms with Crippen LogP contribution in [0, 0.1) is 0 Å². The molecule has 1 aromatic carbocycles. The first kappa shape index (κ1) is 17.7. The van der Waals surface area contributed by atoms with Gasteiger partial charge in [-0.25, -0.2) is 8.42 Å². The summed E-state index contributed by atoms with van der Waals surface area (Å²) in [5.41, 5.74) is 0. The third-order valence-electron chi connectivity index (χ3n) is 2.72. The molecule has 0 bridgehead atoms. The van der Waals surface area contributed by atoms with E-state index in [9.17, 15) is 13.2 Å². The molecule has 0 radical (unpaired) electrons. The molecule has 0 aliphatic rings. The molecule has 0 saturated heterocycles. The number of methoxy groups -OCH3 is 2. The van der Waals surface area contributed by atoms with E-state index >= 15 is 0 Å². The van der Waals surface area contributed by atoms with Crippen molar-refractivity contribution in [1.82, 2.24) is 4.31 Å². The van der Waals surface area contributed by atoms with E-state index in [1.807, 2.05) is 0 Å². The quantitative estimate of drug-likeness (QED) is 0.770. The summed E-state index contributed by atoms with van der Waals surface area (Å²) in [6.45, 7) is 0.990. The molecule has 0 aromatic heterocycles. The van der Waals surface area contributed by atoms with E-state index in [0.717, 1.165) is 4.31 Å². The van der Waals surface area contributed by atoms with Crippen molar-refractivity contribution in [3.8, 4) is 11.5 Å². The van der Waals surface area contributed by atoms with Crippen LogP contribution in [-0.2, 0) is 14.8 Å². The molecule has 0 amide bonds. The SMILES string of the molecule is CCN(CC(=O)O)S(=O)(=O)c1cc(OC)c(OC)cc1Br. The van der Waals surface area contributed by atoms with E-state index in [-0.39, 0.29) is 21.7 Å². The number of likely N-dealkylation sites (N-methyl/N-ethyl adjacent to an activating group) is 1. The Bertz CT molecular complexity index is 631. The van der Waals surface area contributed by atoms with Crippen LogP contribution in [0.15, 0.2) is 21.5 Å². The fourth-order valence-corrected chi connectivity index (χ4v) is 4.09. The highest BCUT2D eigenvalue weighted by Gasteiger charge is 2.28. The maximum atomic E-state index is 12.5. The molecule has 0 spiro atoms. The van der Waals surface area contributed by atoms with Crippen LogP contribution in [0.1, 0.15) is 6.92 Å². The van der Waals surface area contributed by atoms with E-state index in [1.165, 1.54) is 26.4 Å². The molecular formula is C12H16BrNO6S. The molecule has 0 fully saturated rings. The highest BCUT2D eigenvalue weighted by Crippen LogP contribution is 2.36. The van der Waals surface area contributed by atoms with Crippen molar-refractivity contribution < 1.29 is 27.8 Å². The molecule has 0 unspecified atom stereocenters. The van der Waals surface area contributed by atoms with Gasteiger partial charge in [0.25, 0.3) is 0 Å². The van der Waals surface area contributed by atoms with Crippen molar-refractivity contribution in [3.63, 3.8) is 0 Å². The lowest BCUT2D eigenvalue weighted by Gasteiger charge is -2.20. The Morgan fingerprint density at radius 3 is 2.24 bits per heavy atom. The minimum absolute atomic E-state index is 0.0371. The number of carboxylic acids is 1. The summed E-state index contributed by atoms with van der Waals surface area (Å²) in [5.74, 6) is -0.618. The molecule has 118 valence electrons. The molecule has 1 rings (SSSR count). The largest absolute Gasteiger partial charge is 0.493 e. The first-order valence-electron chi connectivity index (χ1n) is 5.91. The molecule has 0 aliphatic heterocycles. The van der Waals surface area contributed by atoms with Gasteiger partial charge >= 0.3 is 5.97 Å². The minimum Gasteiger partial charge on any atom is -0.493 e. The van der Waals surface area contributed by atoms with Crippen LogP contribution in [-0.4, -0.2) is 51.1 Å². The third-order valence-corrected chi connectivity index (χ3v) is 5.60. The molecule has 0 atom stereocenters. The number of sulfonamides is 1. The molecule has 0 saturated carbocycles. The van der Waals surface area contributed by atoms with Gasteiger partial charge in [-0.3, -0.25) is 4.79 Å². The molecule has 1 aromatic rings. The number of ether oxygens (including phenoxy) is 2. The van der Waals surface area contributed by atoms with Crippen molar-refractivity contribution in [3.05, 3.63) is 16.6 Å². The Balaban J connectivity index is 3.40. The number of halogens is 1. The van der Waals surface area contributed by atoms with Crippen LogP contribution in [0.25, 0.3) is 0 Å². The van der Waals surface area contributed by atoms with Gasteiger partial charge in [0.05, 0.1) is 14.2 Å². The van der Waals surface area contributed by atoms with Crippen LogP contribution in [0.2, 0.25) is 0 Å². The fourth-order valence-electron chi connectivity index (χ4n) is 1.69. The summed E-state index contributed by atoms with van der Waals surface area (Å²) in [6, 6.07) is 2.75. The summed E-state index contributed by atoms with van der Waals surface area (Å²) < 4.78 is 36.3. The van der Waals surface area contributed by atoms with Crippen LogP contribution >= 0.6 is 15.9 Å². The van der Waals surface area contributed by atoms with Gasteiger partial charge in [-0.15, -0.1) is 0 Å². The highest BCUT2D eigenvalue weighted by atomic mass is 79.9. The van der Waals surface area contributed by atoms with E-state index in [1.54, 1.807) is 6.92 Å². The predicted molar refractivity (Wildman–Crippen MR) is 79.3 cm³/mol. The average molecular weight is 382 g/mol. The summed E-state index contributed by atoms with van der Waals surface area (Å²) in [5, 5.41) is 8.81. The number of benzene rings is 1. The zero-order valence-corrected chi connectivity index (χ0v) is 14.2. The average Bonchev–Trinajstić information content (AvgIpc) is 2.43. The summed E-state index contributed by atoms with van der Waals surface area (Å²) in [7, 11) is -1.15. The molecule has 9 heteroatoms. The second kappa shape index (κ2) is 7.10. The number of nitrogens with zero attached hydrogens (tertiary/aromatic N) is 1. The second-order valence-corrected chi connectivity index (χ2v) is 6.72. The Kier molecular flexibility index (Phi) is 5.99. The van der Waals surface area contributed by atoms with Gasteiger partial charge in [0.15, 0.2) is 11.5 Å². The van der Waals surface area contributed by atoms with Gasteiger partial charge in [0.2, 0.25) is 10.0 Å². The fraction of sp³-hybridized carbons (Fsp3) is 0.417. The normalized spacial score (nSPS) is 11.5. The lowest BCUT2D eigenvalue weighted by atomic mass is 10.3. The zero-order valence-electron chi connectivity index (χ0n) is 11.8. The van der Waals surface area contributed by atoms with Crippen molar-refractivity contribution >= 4 is 31.9 Å². The standard InChI is InChI=1S/C12H16BrNO6S/c1-4-14(7-12(15)16)21(17,18)11-6-10(20-3)9(19-2)5-8(11)13/h5-6H,4,7H2,1-3H3,(H,15,16). The topological polar surface area (TPSA) is 93.1 Å². The van der Waals surface area contributed by atoms with E-state index in [0.29, 0.717) is 5.75 Å². The molecular weight excluding hydrogens is 366 g/mol. The highest BCUT2D eigenvalue weighted by molar-refractivity contribution is 9.10. The van der Waals surface area contributed by atoms with Crippen molar-refractivity contribution in [2.45, 2.75) is 11.8 Å². The monoisotopic (exact) mass is 381 g/mol. The number of hydrogen-bond acceptors (Lipinski definition) is 5. The van der Waals surface area contributed by atoms with Gasteiger partial charge in [-0.2, -0.15) is 4.31 Å². The molecule has 7 nitrogen and oxygen atoms in total. The molecule has 0 heterocycles. The van der Waals surface area contributed by atoms with E-state index < -0.39 is 22.5 Å². The summed E-state index contributed by atoms with van der Waals surface area (Å²) in [6.07, 6.45) is 0. The van der Waals surface area contributed by atoms with Crippen molar-refractivity contribution in [1.29, 1.82) is 0 Å². The number of carbonyl (C=O) groups is 1.